The van der Waals surface area contributed by atoms with Gasteiger partial charge in [-0.2, -0.15) is 0 Å². The average molecular weight is 386 g/mol. The van der Waals surface area contributed by atoms with Crippen LogP contribution in [-0.4, -0.2) is 20.6 Å². The fourth-order valence-corrected chi connectivity index (χ4v) is 2.90. The molecule has 22 heavy (non-hydrogen) atoms. The Hall–Kier alpha value is -1.73. The molecule has 0 aliphatic heterocycles. The number of amides is 1. The van der Waals surface area contributed by atoms with E-state index in [1.807, 2.05) is 0 Å². The molecule has 116 valence electrons. The molecule has 2 rings (SSSR count). The van der Waals surface area contributed by atoms with Gasteiger partial charge in [-0.3, -0.25) is 4.79 Å². The van der Waals surface area contributed by atoms with Crippen LogP contribution in [0, 0.1) is 5.82 Å². The van der Waals surface area contributed by atoms with Gasteiger partial charge in [0, 0.05) is 28.4 Å². The number of nitrogens with one attached hydrogen (secondary N) is 1. The van der Waals surface area contributed by atoms with Gasteiger partial charge in [-0.05, 0) is 36.4 Å². The molecule has 4 nitrogen and oxygen atoms in total. The fraction of sp³-hybridized carbons (Fsp3) is 0.133. The van der Waals surface area contributed by atoms with E-state index >= 15 is 0 Å². The Kier molecular flexibility index (Phi) is 4.97. The second-order valence-electron chi connectivity index (χ2n) is 4.72. The van der Waals surface area contributed by atoms with E-state index in [1.165, 1.54) is 30.3 Å². The van der Waals surface area contributed by atoms with Crippen LogP contribution >= 0.6 is 15.9 Å². The lowest BCUT2D eigenvalue weighted by Crippen LogP contribution is -2.23. The zero-order valence-corrected chi connectivity index (χ0v) is 14.0. The van der Waals surface area contributed by atoms with Crippen molar-refractivity contribution < 1.29 is 17.6 Å². The summed E-state index contributed by atoms with van der Waals surface area (Å²) in [5, 5.41) is 2.57. The minimum atomic E-state index is -3.38. The number of sulfone groups is 1. The minimum absolute atomic E-state index is 0.00715. The summed E-state index contributed by atoms with van der Waals surface area (Å²) in [6.45, 7) is 0.00715. The van der Waals surface area contributed by atoms with Gasteiger partial charge in [0.1, 0.15) is 5.82 Å². The van der Waals surface area contributed by atoms with E-state index in [2.05, 4.69) is 21.2 Å². The molecule has 0 saturated carbocycles. The summed E-state index contributed by atoms with van der Waals surface area (Å²) in [4.78, 5) is 12.1. The summed E-state index contributed by atoms with van der Waals surface area (Å²) < 4.78 is 37.3. The summed E-state index contributed by atoms with van der Waals surface area (Å²) >= 11 is 3.23. The first-order valence-corrected chi connectivity index (χ1v) is 8.98. The maximum Gasteiger partial charge on any atom is 0.251 e. The smallest absolute Gasteiger partial charge is 0.251 e. The van der Waals surface area contributed by atoms with E-state index in [9.17, 15) is 17.6 Å². The van der Waals surface area contributed by atoms with Crippen molar-refractivity contribution in [3.63, 3.8) is 0 Å². The molecule has 0 aliphatic rings. The fourth-order valence-electron chi connectivity index (χ4n) is 1.82. The molecule has 0 aliphatic carbocycles. The topological polar surface area (TPSA) is 63.2 Å². The van der Waals surface area contributed by atoms with E-state index < -0.39 is 21.6 Å². The Morgan fingerprint density at radius 3 is 2.64 bits per heavy atom. The van der Waals surface area contributed by atoms with E-state index in [-0.39, 0.29) is 17.0 Å². The predicted molar refractivity (Wildman–Crippen MR) is 84.8 cm³/mol. The van der Waals surface area contributed by atoms with Crippen LogP contribution in [0.2, 0.25) is 0 Å². The van der Waals surface area contributed by atoms with Crippen LogP contribution in [0.3, 0.4) is 0 Å². The predicted octanol–water partition coefficient (Wildman–Crippen LogP) is 2.92. The van der Waals surface area contributed by atoms with E-state index in [0.717, 1.165) is 6.26 Å². The maximum atomic E-state index is 13.6. The first-order chi connectivity index (χ1) is 10.3. The largest absolute Gasteiger partial charge is 0.348 e. The monoisotopic (exact) mass is 385 g/mol. The lowest BCUT2D eigenvalue weighted by molar-refractivity contribution is 0.0950. The third-order valence-electron chi connectivity index (χ3n) is 2.97. The summed E-state index contributed by atoms with van der Waals surface area (Å²) in [7, 11) is -3.38. The lowest BCUT2D eigenvalue weighted by atomic mass is 10.2. The zero-order valence-electron chi connectivity index (χ0n) is 11.6. The van der Waals surface area contributed by atoms with Gasteiger partial charge in [0.05, 0.1) is 4.90 Å². The lowest BCUT2D eigenvalue weighted by Gasteiger charge is -2.08. The second-order valence-corrected chi connectivity index (χ2v) is 7.65. The van der Waals surface area contributed by atoms with Crippen molar-refractivity contribution in [1.82, 2.24) is 5.32 Å². The third-order valence-corrected chi connectivity index (χ3v) is 4.58. The van der Waals surface area contributed by atoms with Crippen LogP contribution in [0.5, 0.6) is 0 Å². The number of rotatable bonds is 4. The number of benzene rings is 2. The van der Waals surface area contributed by atoms with Gasteiger partial charge in [0.15, 0.2) is 9.84 Å². The molecule has 2 aromatic carbocycles. The molecule has 0 atom stereocenters. The quantitative estimate of drug-likeness (QED) is 0.879. The molecule has 0 heterocycles. The number of hydrogen-bond donors (Lipinski definition) is 1. The first-order valence-electron chi connectivity index (χ1n) is 6.29. The summed E-state index contributed by atoms with van der Waals surface area (Å²) in [6, 6.07) is 10.1. The molecule has 7 heteroatoms. The molecule has 0 saturated heterocycles. The van der Waals surface area contributed by atoms with E-state index in [0.29, 0.717) is 10.0 Å². The van der Waals surface area contributed by atoms with Crippen LogP contribution < -0.4 is 5.32 Å². The molecule has 0 spiro atoms. The van der Waals surface area contributed by atoms with Crippen LogP contribution in [0.4, 0.5) is 4.39 Å². The normalized spacial score (nSPS) is 11.2. The molecular formula is C15H13BrFNO3S. The maximum absolute atomic E-state index is 13.6. The van der Waals surface area contributed by atoms with Crippen LogP contribution in [-0.2, 0) is 16.4 Å². The average Bonchev–Trinajstić information content (AvgIpc) is 2.47. The van der Waals surface area contributed by atoms with E-state index in [1.54, 1.807) is 12.1 Å². The van der Waals surface area contributed by atoms with E-state index in [4.69, 9.17) is 0 Å². The Morgan fingerprint density at radius 2 is 1.95 bits per heavy atom. The van der Waals surface area contributed by atoms with Crippen molar-refractivity contribution in [2.75, 3.05) is 6.26 Å². The Labute approximate surface area is 136 Å². The summed E-state index contributed by atoms with van der Waals surface area (Å²) in [5.74, 6) is -0.890. The highest BCUT2D eigenvalue weighted by Crippen LogP contribution is 2.16. The summed E-state index contributed by atoms with van der Waals surface area (Å²) in [5.41, 5.74) is 0.542. The van der Waals surface area contributed by atoms with Crippen molar-refractivity contribution in [3.8, 4) is 0 Å². The van der Waals surface area contributed by atoms with Gasteiger partial charge in [-0.25, -0.2) is 12.8 Å². The Morgan fingerprint density at radius 1 is 1.23 bits per heavy atom. The molecule has 0 radical (unpaired) electrons. The van der Waals surface area contributed by atoms with Crippen LogP contribution in [0.1, 0.15) is 15.9 Å². The highest BCUT2D eigenvalue weighted by Gasteiger charge is 2.12. The van der Waals surface area contributed by atoms with Crippen LogP contribution in [0.15, 0.2) is 51.8 Å². The van der Waals surface area contributed by atoms with Gasteiger partial charge in [0.2, 0.25) is 0 Å². The Bertz CT molecular complexity index is 821. The van der Waals surface area contributed by atoms with Gasteiger partial charge in [-0.1, -0.05) is 22.0 Å². The third kappa shape index (κ3) is 4.14. The number of hydrogen-bond acceptors (Lipinski definition) is 3. The summed E-state index contributed by atoms with van der Waals surface area (Å²) in [6.07, 6.45) is 1.07. The minimum Gasteiger partial charge on any atom is -0.348 e. The van der Waals surface area contributed by atoms with Crippen molar-refractivity contribution in [2.24, 2.45) is 0 Å². The molecule has 0 unspecified atom stereocenters. The first kappa shape index (κ1) is 16.6. The molecule has 2 aromatic rings. The van der Waals surface area contributed by atoms with Crippen molar-refractivity contribution in [1.29, 1.82) is 0 Å². The molecule has 1 N–H and O–H groups in total. The molecule has 1 amide bonds. The second kappa shape index (κ2) is 6.58. The van der Waals surface area contributed by atoms with Gasteiger partial charge >= 0.3 is 0 Å². The van der Waals surface area contributed by atoms with Gasteiger partial charge < -0.3 is 5.32 Å². The number of carbonyl (C=O) groups excluding carboxylic acids is 1. The Balaban J connectivity index is 2.15. The molecular weight excluding hydrogens is 373 g/mol. The van der Waals surface area contributed by atoms with Crippen LogP contribution in [0.25, 0.3) is 0 Å². The van der Waals surface area contributed by atoms with Crippen molar-refractivity contribution in [2.45, 2.75) is 11.4 Å². The molecule has 0 fully saturated rings. The standard InChI is InChI=1S/C15H13BrFNO3S/c1-22(20,21)13-4-2-3-10(8-13)15(19)18-9-11-7-12(16)5-6-14(11)17/h2-8H,9H2,1H3,(H,18,19). The highest BCUT2D eigenvalue weighted by atomic mass is 79.9. The van der Waals surface area contributed by atoms with Crippen molar-refractivity contribution >= 4 is 31.7 Å². The SMILES string of the molecule is CS(=O)(=O)c1cccc(C(=O)NCc2cc(Br)ccc2F)c1. The highest BCUT2D eigenvalue weighted by molar-refractivity contribution is 9.10. The van der Waals surface area contributed by atoms with Gasteiger partial charge in [-0.15, -0.1) is 0 Å². The molecule has 0 bridgehead atoms. The number of halogens is 2. The molecule has 0 aromatic heterocycles. The zero-order chi connectivity index (χ0) is 16.3. The van der Waals surface area contributed by atoms with Gasteiger partial charge in [0.25, 0.3) is 5.91 Å². The number of carbonyl (C=O) groups is 1. The van der Waals surface area contributed by atoms with Crippen molar-refractivity contribution in [3.05, 3.63) is 63.9 Å².